The zero-order chi connectivity index (χ0) is 24.0. The van der Waals surface area contributed by atoms with E-state index in [9.17, 15) is 19.5 Å². The first-order valence-corrected chi connectivity index (χ1v) is 11.5. The van der Waals surface area contributed by atoms with Gasteiger partial charge in [-0.05, 0) is 34.6 Å². The van der Waals surface area contributed by atoms with E-state index in [2.05, 4.69) is 34.9 Å². The fourth-order valence-corrected chi connectivity index (χ4v) is 4.24. The standard InChI is InChI=1S/C26H32N2O5/c1-4-16(3)24(25(30)31)28-23(29)14-17(5-2)27-26(32)33-15-22-20-12-8-6-10-18(20)19-11-7-9-13-21(19)22/h6-13,16-17,22,24H,4-5,14-15H2,1-3H3,(H,27,32)(H,28,29)(H,30,31)/t16?,17-,24+/m1/s1. The summed E-state index contributed by atoms with van der Waals surface area (Å²) in [5.41, 5.74) is 4.56. The van der Waals surface area contributed by atoms with Gasteiger partial charge < -0.3 is 20.5 Å². The molecule has 0 aromatic heterocycles. The van der Waals surface area contributed by atoms with Gasteiger partial charge in [-0.25, -0.2) is 9.59 Å². The number of benzene rings is 2. The Labute approximate surface area is 194 Å². The number of ether oxygens (including phenoxy) is 1. The number of nitrogens with one attached hydrogen (secondary N) is 2. The van der Waals surface area contributed by atoms with Crippen molar-refractivity contribution in [3.8, 4) is 11.1 Å². The van der Waals surface area contributed by atoms with Crippen LogP contribution >= 0.6 is 0 Å². The molecule has 0 spiro atoms. The van der Waals surface area contributed by atoms with E-state index in [0.717, 1.165) is 22.3 Å². The highest BCUT2D eigenvalue weighted by molar-refractivity contribution is 5.84. The van der Waals surface area contributed by atoms with E-state index in [1.54, 1.807) is 6.92 Å². The van der Waals surface area contributed by atoms with Gasteiger partial charge in [-0.3, -0.25) is 4.79 Å². The molecule has 3 atom stereocenters. The van der Waals surface area contributed by atoms with E-state index in [4.69, 9.17) is 4.74 Å². The van der Waals surface area contributed by atoms with Crippen LogP contribution in [-0.2, 0) is 14.3 Å². The minimum Gasteiger partial charge on any atom is -0.480 e. The van der Waals surface area contributed by atoms with Crippen molar-refractivity contribution in [2.45, 2.75) is 58.0 Å². The van der Waals surface area contributed by atoms with Gasteiger partial charge in [0.1, 0.15) is 12.6 Å². The van der Waals surface area contributed by atoms with Crippen molar-refractivity contribution >= 4 is 18.0 Å². The number of alkyl carbamates (subject to hydrolysis) is 1. The maximum atomic E-state index is 12.5. The fourth-order valence-electron chi connectivity index (χ4n) is 4.24. The summed E-state index contributed by atoms with van der Waals surface area (Å²) in [6, 6.07) is 14.8. The topological polar surface area (TPSA) is 105 Å². The Morgan fingerprint density at radius 3 is 2.03 bits per heavy atom. The number of fused-ring (bicyclic) bond motifs is 3. The summed E-state index contributed by atoms with van der Waals surface area (Å²) < 4.78 is 5.55. The monoisotopic (exact) mass is 452 g/mol. The molecule has 7 heteroatoms. The summed E-state index contributed by atoms with van der Waals surface area (Å²) in [5, 5.41) is 14.7. The van der Waals surface area contributed by atoms with Crippen LogP contribution in [0.4, 0.5) is 4.79 Å². The van der Waals surface area contributed by atoms with Gasteiger partial charge in [0, 0.05) is 18.4 Å². The predicted molar refractivity (Wildman–Crippen MR) is 126 cm³/mol. The van der Waals surface area contributed by atoms with Crippen molar-refractivity contribution in [3.05, 3.63) is 59.7 Å². The first-order chi connectivity index (χ1) is 15.8. The highest BCUT2D eigenvalue weighted by atomic mass is 16.5. The lowest BCUT2D eigenvalue weighted by Gasteiger charge is -2.22. The lowest BCUT2D eigenvalue weighted by atomic mass is 9.98. The molecule has 0 aliphatic heterocycles. The van der Waals surface area contributed by atoms with Crippen LogP contribution in [0.25, 0.3) is 11.1 Å². The summed E-state index contributed by atoms with van der Waals surface area (Å²) in [6.07, 6.45) is 0.541. The van der Waals surface area contributed by atoms with E-state index < -0.39 is 30.1 Å². The van der Waals surface area contributed by atoms with Crippen LogP contribution in [0.1, 0.15) is 57.1 Å². The Kier molecular flexibility index (Phi) is 8.09. The lowest BCUT2D eigenvalue weighted by Crippen LogP contribution is -2.47. The van der Waals surface area contributed by atoms with Gasteiger partial charge in [0.25, 0.3) is 0 Å². The number of aliphatic carboxylic acids is 1. The van der Waals surface area contributed by atoms with Crippen molar-refractivity contribution in [1.29, 1.82) is 0 Å². The third-order valence-electron chi connectivity index (χ3n) is 6.39. The molecule has 0 radical (unpaired) electrons. The van der Waals surface area contributed by atoms with E-state index in [1.807, 2.05) is 38.1 Å². The van der Waals surface area contributed by atoms with Crippen LogP contribution in [0, 0.1) is 5.92 Å². The zero-order valence-corrected chi connectivity index (χ0v) is 19.3. The first-order valence-electron chi connectivity index (χ1n) is 11.5. The minimum absolute atomic E-state index is 0.0130. The molecule has 3 rings (SSSR count). The molecular formula is C26H32N2O5. The Morgan fingerprint density at radius 2 is 1.52 bits per heavy atom. The van der Waals surface area contributed by atoms with Gasteiger partial charge in [0.05, 0.1) is 0 Å². The highest BCUT2D eigenvalue weighted by Gasteiger charge is 2.30. The third kappa shape index (κ3) is 5.72. The largest absolute Gasteiger partial charge is 0.480 e. The second-order valence-electron chi connectivity index (χ2n) is 8.55. The van der Waals surface area contributed by atoms with Crippen molar-refractivity contribution < 1.29 is 24.2 Å². The van der Waals surface area contributed by atoms with Gasteiger partial charge in [0.2, 0.25) is 5.91 Å². The Balaban J connectivity index is 1.57. The van der Waals surface area contributed by atoms with Crippen molar-refractivity contribution in [1.82, 2.24) is 10.6 Å². The van der Waals surface area contributed by atoms with Gasteiger partial charge >= 0.3 is 12.1 Å². The van der Waals surface area contributed by atoms with Crippen LogP contribution in [-0.4, -0.2) is 41.8 Å². The van der Waals surface area contributed by atoms with Gasteiger partial charge in [0.15, 0.2) is 0 Å². The smallest absolute Gasteiger partial charge is 0.407 e. The van der Waals surface area contributed by atoms with E-state index in [0.29, 0.717) is 12.8 Å². The zero-order valence-electron chi connectivity index (χ0n) is 19.3. The number of carboxylic acids is 1. The predicted octanol–water partition coefficient (Wildman–Crippen LogP) is 4.31. The summed E-state index contributed by atoms with van der Waals surface area (Å²) in [5.74, 6) is -1.70. The molecular weight excluding hydrogens is 420 g/mol. The van der Waals surface area contributed by atoms with E-state index in [-0.39, 0.29) is 24.9 Å². The van der Waals surface area contributed by atoms with Crippen molar-refractivity contribution in [2.24, 2.45) is 5.92 Å². The van der Waals surface area contributed by atoms with Crippen LogP contribution in [0.2, 0.25) is 0 Å². The molecule has 0 saturated carbocycles. The quantitative estimate of drug-likeness (QED) is 0.498. The summed E-state index contributed by atoms with van der Waals surface area (Å²) in [7, 11) is 0. The number of hydrogen-bond acceptors (Lipinski definition) is 4. The average Bonchev–Trinajstić information content (AvgIpc) is 3.13. The molecule has 2 aromatic carbocycles. The molecule has 0 saturated heterocycles. The number of hydrogen-bond donors (Lipinski definition) is 3. The third-order valence-corrected chi connectivity index (χ3v) is 6.39. The molecule has 1 aliphatic rings. The van der Waals surface area contributed by atoms with E-state index in [1.165, 1.54) is 0 Å². The first kappa shape index (κ1) is 24.3. The second kappa shape index (κ2) is 11.0. The van der Waals surface area contributed by atoms with Crippen LogP contribution in [0.15, 0.2) is 48.5 Å². The number of carbonyl (C=O) groups is 3. The molecule has 7 nitrogen and oxygen atoms in total. The Morgan fingerprint density at radius 1 is 0.939 bits per heavy atom. The molecule has 2 amide bonds. The maximum absolute atomic E-state index is 12.5. The van der Waals surface area contributed by atoms with Gasteiger partial charge in [-0.15, -0.1) is 0 Å². The van der Waals surface area contributed by atoms with Crippen LogP contribution in [0.5, 0.6) is 0 Å². The molecule has 0 heterocycles. The number of rotatable bonds is 10. The van der Waals surface area contributed by atoms with Crippen molar-refractivity contribution in [2.75, 3.05) is 6.61 Å². The molecule has 0 fully saturated rings. The summed E-state index contributed by atoms with van der Waals surface area (Å²) >= 11 is 0. The normalized spacial score (nSPS) is 15.0. The number of amides is 2. The molecule has 3 N–H and O–H groups in total. The summed E-state index contributed by atoms with van der Waals surface area (Å²) in [6.45, 7) is 5.70. The summed E-state index contributed by atoms with van der Waals surface area (Å²) in [4.78, 5) is 36.4. The second-order valence-corrected chi connectivity index (χ2v) is 8.55. The molecule has 2 aromatic rings. The van der Waals surface area contributed by atoms with E-state index >= 15 is 0 Å². The molecule has 176 valence electrons. The van der Waals surface area contributed by atoms with Crippen molar-refractivity contribution in [3.63, 3.8) is 0 Å². The van der Waals surface area contributed by atoms with Gasteiger partial charge in [-0.2, -0.15) is 0 Å². The molecule has 1 aliphatic carbocycles. The minimum atomic E-state index is -1.06. The molecule has 33 heavy (non-hydrogen) atoms. The van der Waals surface area contributed by atoms with Crippen LogP contribution < -0.4 is 10.6 Å². The molecule has 0 bridgehead atoms. The lowest BCUT2D eigenvalue weighted by molar-refractivity contribution is -0.143. The maximum Gasteiger partial charge on any atom is 0.407 e. The number of carbonyl (C=O) groups excluding carboxylic acids is 2. The Bertz CT molecular complexity index is 960. The SMILES string of the molecule is CCC(C)[C@H](NC(=O)C[C@@H](CC)NC(=O)OCC1c2ccccc2-c2ccccc21)C(=O)O. The fraction of sp³-hybridized carbons (Fsp3) is 0.423. The van der Waals surface area contributed by atoms with Gasteiger partial charge in [-0.1, -0.05) is 75.7 Å². The highest BCUT2D eigenvalue weighted by Crippen LogP contribution is 2.44. The Hall–Kier alpha value is -3.35. The van der Waals surface area contributed by atoms with Crippen LogP contribution in [0.3, 0.4) is 0 Å². The average molecular weight is 453 g/mol. The number of carboxylic acid groups (broad SMARTS) is 1. The molecule has 1 unspecified atom stereocenters.